The molecule has 0 spiro atoms. The van der Waals surface area contributed by atoms with Crippen molar-refractivity contribution in [1.29, 1.82) is 0 Å². The molecule has 5 rings (SSSR count). The maximum atomic E-state index is 13.9. The molecule has 1 aromatic carbocycles. The first-order valence-corrected chi connectivity index (χ1v) is 11.6. The Hall–Kier alpha value is -2.90. The lowest BCUT2D eigenvalue weighted by molar-refractivity contribution is -0.204. The van der Waals surface area contributed by atoms with Crippen LogP contribution in [0.1, 0.15) is 44.4 Å². The third-order valence-electron chi connectivity index (χ3n) is 7.72. The number of rotatable bonds is 3. The van der Waals surface area contributed by atoms with Crippen molar-refractivity contribution in [2.45, 2.75) is 45.7 Å². The van der Waals surface area contributed by atoms with E-state index in [9.17, 15) is 22.4 Å². The zero-order valence-corrected chi connectivity index (χ0v) is 19.0. The van der Waals surface area contributed by atoms with E-state index in [4.69, 9.17) is 4.74 Å². The molecule has 1 aromatic heterocycles. The monoisotopic (exact) mass is 474 g/mol. The van der Waals surface area contributed by atoms with Crippen LogP contribution in [0.25, 0.3) is 11.8 Å². The van der Waals surface area contributed by atoms with E-state index in [0.717, 1.165) is 28.1 Å². The number of alkyl halides is 3. The maximum Gasteiger partial charge on any atom is 0.392 e. The molecular weight excluding hydrogens is 448 g/mol. The molecule has 0 amide bonds. The van der Waals surface area contributed by atoms with Gasteiger partial charge in [0.15, 0.2) is 0 Å². The number of hydrogen-bond donors (Lipinski definition) is 0. The molecule has 1 saturated carbocycles. The van der Waals surface area contributed by atoms with Crippen molar-refractivity contribution < 1.29 is 27.1 Å². The van der Waals surface area contributed by atoms with Crippen molar-refractivity contribution in [2.75, 3.05) is 6.61 Å². The minimum absolute atomic E-state index is 0.0556. The van der Waals surface area contributed by atoms with Gasteiger partial charge in [-0.3, -0.25) is 4.79 Å². The Labute approximate surface area is 195 Å². The molecule has 0 radical (unpaired) electrons. The molecule has 1 heterocycles. The van der Waals surface area contributed by atoms with Crippen LogP contribution >= 0.6 is 0 Å². The quantitative estimate of drug-likeness (QED) is 0.309. The molecule has 0 N–H and O–H groups in total. The fourth-order valence-corrected chi connectivity index (χ4v) is 6.13. The van der Waals surface area contributed by atoms with Crippen molar-refractivity contribution in [1.82, 2.24) is 9.78 Å². The standard InChI is InChI=1S/C26H26F4N2O2/c1-3-34-24(33)23-19-9-4-16-12-22-15(14-31-32(22)18-7-5-17(27)6-8-18)13-25(16,2)20(19)10-11-21(23)26(28,29)30/h5-8,10,12,14,19,21,23H,3-4,9,11,13H2,1-2H3/t19?,21?,23?,25-/m0/s1. The lowest BCUT2D eigenvalue weighted by Crippen LogP contribution is -2.48. The number of allylic oxidation sites excluding steroid dienone is 3. The summed E-state index contributed by atoms with van der Waals surface area (Å²) in [6.45, 7) is 3.73. The largest absolute Gasteiger partial charge is 0.466 e. The third kappa shape index (κ3) is 3.58. The van der Waals surface area contributed by atoms with Crippen LogP contribution in [0.5, 0.6) is 0 Å². The van der Waals surface area contributed by atoms with Gasteiger partial charge in [-0.05, 0) is 74.4 Å². The van der Waals surface area contributed by atoms with Crippen LogP contribution in [0.4, 0.5) is 17.6 Å². The molecule has 3 aliphatic rings. The number of hydrogen-bond acceptors (Lipinski definition) is 3. The molecular formula is C26H26F4N2O2. The van der Waals surface area contributed by atoms with Crippen molar-refractivity contribution in [3.63, 3.8) is 0 Å². The van der Waals surface area contributed by atoms with Gasteiger partial charge in [0, 0.05) is 5.41 Å². The van der Waals surface area contributed by atoms with Gasteiger partial charge in [0.05, 0.1) is 36.0 Å². The summed E-state index contributed by atoms with van der Waals surface area (Å²) in [5.41, 5.74) is 4.17. The summed E-state index contributed by atoms with van der Waals surface area (Å²) >= 11 is 0. The van der Waals surface area contributed by atoms with Crippen molar-refractivity contribution in [3.05, 3.63) is 64.8 Å². The molecule has 34 heavy (non-hydrogen) atoms. The van der Waals surface area contributed by atoms with Gasteiger partial charge in [0.1, 0.15) is 5.82 Å². The molecule has 8 heteroatoms. The van der Waals surface area contributed by atoms with Crippen molar-refractivity contribution in [3.8, 4) is 5.69 Å². The van der Waals surface area contributed by atoms with Crippen LogP contribution in [-0.2, 0) is 16.0 Å². The van der Waals surface area contributed by atoms with Gasteiger partial charge >= 0.3 is 12.1 Å². The highest BCUT2D eigenvalue weighted by molar-refractivity contribution is 5.75. The Bertz CT molecular complexity index is 1180. The summed E-state index contributed by atoms with van der Waals surface area (Å²) in [7, 11) is 0. The maximum absolute atomic E-state index is 13.9. The smallest absolute Gasteiger partial charge is 0.392 e. The van der Waals surface area contributed by atoms with E-state index in [0.29, 0.717) is 19.3 Å². The van der Waals surface area contributed by atoms with E-state index in [1.165, 1.54) is 12.1 Å². The average molecular weight is 474 g/mol. The summed E-state index contributed by atoms with van der Waals surface area (Å²) < 4.78 is 61.9. The molecule has 180 valence electrons. The van der Waals surface area contributed by atoms with E-state index in [1.54, 1.807) is 36.0 Å². The second kappa shape index (κ2) is 8.10. The number of esters is 1. The van der Waals surface area contributed by atoms with E-state index >= 15 is 0 Å². The van der Waals surface area contributed by atoms with E-state index in [-0.39, 0.29) is 18.8 Å². The molecule has 2 aromatic rings. The van der Waals surface area contributed by atoms with Crippen molar-refractivity contribution in [2.24, 2.45) is 23.2 Å². The van der Waals surface area contributed by atoms with Crippen LogP contribution in [0.15, 0.2) is 47.7 Å². The fraction of sp³-hybridized carbons (Fsp3) is 0.462. The zero-order valence-electron chi connectivity index (χ0n) is 19.0. The fourth-order valence-electron chi connectivity index (χ4n) is 6.13. The minimum Gasteiger partial charge on any atom is -0.466 e. The number of carbonyl (C=O) groups is 1. The summed E-state index contributed by atoms with van der Waals surface area (Å²) in [5, 5.41) is 4.51. The highest BCUT2D eigenvalue weighted by Crippen LogP contribution is 2.59. The van der Waals surface area contributed by atoms with Gasteiger partial charge in [0.25, 0.3) is 0 Å². The Kier molecular flexibility index (Phi) is 5.45. The summed E-state index contributed by atoms with van der Waals surface area (Å²) in [6.07, 6.45) is 2.52. The molecule has 3 unspecified atom stereocenters. The zero-order chi connectivity index (χ0) is 24.3. The minimum atomic E-state index is -4.47. The number of nitrogens with zero attached hydrogens (tertiary/aromatic N) is 2. The second-order valence-electron chi connectivity index (χ2n) is 9.59. The number of carbonyl (C=O) groups excluding carboxylic acids is 1. The first-order chi connectivity index (χ1) is 16.1. The van der Waals surface area contributed by atoms with Crippen molar-refractivity contribution >= 4 is 12.0 Å². The number of ether oxygens (including phenoxy) is 1. The lowest BCUT2D eigenvalue weighted by Gasteiger charge is -2.50. The van der Waals surface area contributed by atoms with Gasteiger partial charge in [-0.25, -0.2) is 9.07 Å². The summed E-state index contributed by atoms with van der Waals surface area (Å²) in [6, 6.07) is 6.09. The first-order valence-electron chi connectivity index (χ1n) is 11.6. The summed E-state index contributed by atoms with van der Waals surface area (Å²) in [4.78, 5) is 12.8. The molecule has 0 saturated heterocycles. The molecule has 0 bridgehead atoms. The van der Waals surface area contributed by atoms with Gasteiger partial charge < -0.3 is 4.74 Å². The van der Waals surface area contributed by atoms with Gasteiger partial charge in [-0.2, -0.15) is 18.3 Å². The van der Waals surface area contributed by atoms with Crippen LogP contribution in [-0.4, -0.2) is 28.5 Å². The first kappa shape index (κ1) is 22.9. The molecule has 1 fully saturated rings. The topological polar surface area (TPSA) is 44.1 Å². The van der Waals surface area contributed by atoms with E-state index in [2.05, 4.69) is 18.1 Å². The van der Waals surface area contributed by atoms with Gasteiger partial charge in [-0.1, -0.05) is 24.1 Å². The number of benzene rings is 1. The van der Waals surface area contributed by atoms with Gasteiger partial charge in [0.2, 0.25) is 0 Å². The molecule has 4 atom stereocenters. The number of aromatic nitrogens is 2. The predicted molar refractivity (Wildman–Crippen MR) is 118 cm³/mol. The average Bonchev–Trinajstić information content (AvgIpc) is 3.18. The van der Waals surface area contributed by atoms with Crippen LogP contribution in [0.2, 0.25) is 0 Å². The van der Waals surface area contributed by atoms with E-state index < -0.39 is 35.3 Å². The summed E-state index contributed by atoms with van der Waals surface area (Å²) in [5.74, 6) is -4.53. The van der Waals surface area contributed by atoms with Crippen LogP contribution in [0.3, 0.4) is 0 Å². The van der Waals surface area contributed by atoms with Crippen LogP contribution < -0.4 is 0 Å². The SMILES string of the molecule is CCOC(=O)C1C2CCC3=Cc4c(cnn4-c4ccc(F)cc4)C[C@]3(C)C2=CCC1C(F)(F)F. The predicted octanol–water partition coefficient (Wildman–Crippen LogP) is 6.06. The highest BCUT2D eigenvalue weighted by Gasteiger charge is 2.56. The third-order valence-corrected chi connectivity index (χ3v) is 7.72. The Morgan fingerprint density at radius 1 is 1.26 bits per heavy atom. The number of halogens is 4. The highest BCUT2D eigenvalue weighted by atomic mass is 19.4. The molecule has 3 aliphatic carbocycles. The van der Waals surface area contributed by atoms with E-state index in [1.807, 2.05) is 0 Å². The van der Waals surface area contributed by atoms with Gasteiger partial charge in [-0.15, -0.1) is 0 Å². The Morgan fingerprint density at radius 2 is 2.00 bits per heavy atom. The molecule has 4 nitrogen and oxygen atoms in total. The molecule has 0 aliphatic heterocycles. The van der Waals surface area contributed by atoms with Crippen LogP contribution in [0, 0.1) is 29.0 Å². The Morgan fingerprint density at radius 3 is 2.68 bits per heavy atom. The number of fused-ring (bicyclic) bond motifs is 4. The normalized spacial score (nSPS) is 28.2. The Balaban J connectivity index is 1.54. The second-order valence-corrected chi connectivity index (χ2v) is 9.59. The lowest BCUT2D eigenvalue weighted by atomic mass is 9.54.